The summed E-state index contributed by atoms with van der Waals surface area (Å²) < 4.78 is 1.13. The molecule has 144 valence electrons. The third-order valence-corrected chi connectivity index (χ3v) is 7.32. The number of fused-ring (bicyclic) bond motifs is 1. The smallest absolute Gasteiger partial charge is 0.228 e. The molecule has 0 N–H and O–H groups in total. The quantitative estimate of drug-likeness (QED) is 0.812. The summed E-state index contributed by atoms with van der Waals surface area (Å²) >= 11 is 1.74. The highest BCUT2D eigenvalue weighted by molar-refractivity contribution is 7.22. The normalized spacial score (nSPS) is 22.9. The molecule has 5 rings (SSSR count). The van der Waals surface area contributed by atoms with Gasteiger partial charge >= 0.3 is 0 Å². The first-order valence-electron chi connectivity index (χ1n) is 10.3. The van der Waals surface area contributed by atoms with Crippen LogP contribution in [0.1, 0.15) is 44.9 Å². The minimum absolute atomic E-state index is 0.186. The van der Waals surface area contributed by atoms with Crippen LogP contribution in [0, 0.1) is 0 Å². The summed E-state index contributed by atoms with van der Waals surface area (Å²) in [4.78, 5) is 28.3. The number of anilines is 2. The van der Waals surface area contributed by atoms with Crippen LogP contribution in [0.25, 0.3) is 10.2 Å². The van der Waals surface area contributed by atoms with Crippen LogP contribution in [-0.2, 0) is 4.79 Å². The molecule has 1 amide bonds. The molecule has 6 nitrogen and oxygen atoms in total. The Kier molecular flexibility index (Phi) is 4.73. The molecule has 3 aliphatic rings. The topological polar surface area (TPSA) is 52.6 Å². The number of hydrogen-bond acceptors (Lipinski definition) is 6. The van der Waals surface area contributed by atoms with E-state index in [1.807, 2.05) is 17.2 Å². The predicted octanol–water partition coefficient (Wildman–Crippen LogP) is 3.27. The fraction of sp³-hybridized carbons (Fsp3) is 0.650. The molecule has 0 bridgehead atoms. The number of rotatable bonds is 3. The lowest BCUT2D eigenvalue weighted by molar-refractivity contribution is -0.117. The van der Waals surface area contributed by atoms with Crippen molar-refractivity contribution in [3.8, 4) is 0 Å². The summed E-state index contributed by atoms with van der Waals surface area (Å²) in [7, 11) is 0. The third-order valence-electron chi connectivity index (χ3n) is 6.24. The van der Waals surface area contributed by atoms with E-state index in [0.717, 1.165) is 53.3 Å². The first-order chi connectivity index (χ1) is 13.3. The van der Waals surface area contributed by atoms with E-state index in [4.69, 9.17) is 4.98 Å². The maximum absolute atomic E-state index is 12.0. The van der Waals surface area contributed by atoms with Crippen LogP contribution in [0.4, 0.5) is 10.9 Å². The lowest BCUT2D eigenvalue weighted by atomic mass is 10.0. The number of carbonyl (C=O) groups is 1. The number of aromatic nitrogens is 2. The minimum Gasteiger partial charge on any atom is -0.348 e. The Morgan fingerprint density at radius 1 is 1.00 bits per heavy atom. The van der Waals surface area contributed by atoms with Crippen molar-refractivity contribution >= 4 is 38.4 Å². The molecule has 0 spiro atoms. The number of likely N-dealkylation sites (tertiary alicyclic amines) is 1. The van der Waals surface area contributed by atoms with Gasteiger partial charge in [0.15, 0.2) is 5.13 Å². The van der Waals surface area contributed by atoms with Gasteiger partial charge in [0.25, 0.3) is 0 Å². The SMILES string of the molecule is O=C1CCCN1c1cc2sc(N3CCC(N4CCCCC4)CC3)nc2cn1. The molecule has 0 radical (unpaired) electrons. The van der Waals surface area contributed by atoms with Gasteiger partial charge in [-0.3, -0.25) is 9.69 Å². The fourth-order valence-corrected chi connectivity index (χ4v) is 5.71. The zero-order chi connectivity index (χ0) is 18.2. The summed E-state index contributed by atoms with van der Waals surface area (Å²) in [5, 5.41) is 1.11. The number of carbonyl (C=O) groups excluding carboxylic acids is 1. The van der Waals surface area contributed by atoms with Crippen molar-refractivity contribution in [2.75, 3.05) is 42.5 Å². The fourth-order valence-electron chi connectivity index (χ4n) is 4.69. The van der Waals surface area contributed by atoms with Crippen molar-refractivity contribution in [1.29, 1.82) is 0 Å². The monoisotopic (exact) mass is 385 g/mol. The number of amides is 1. The lowest BCUT2D eigenvalue weighted by Gasteiger charge is -2.40. The molecule has 3 aliphatic heterocycles. The van der Waals surface area contributed by atoms with Crippen LogP contribution >= 0.6 is 11.3 Å². The molecule has 0 aliphatic carbocycles. The largest absolute Gasteiger partial charge is 0.348 e. The second-order valence-electron chi connectivity index (χ2n) is 7.97. The van der Waals surface area contributed by atoms with E-state index in [9.17, 15) is 4.79 Å². The summed E-state index contributed by atoms with van der Waals surface area (Å²) in [5.74, 6) is 0.968. The Morgan fingerprint density at radius 2 is 1.81 bits per heavy atom. The Morgan fingerprint density at radius 3 is 2.56 bits per heavy atom. The summed E-state index contributed by atoms with van der Waals surface area (Å²) in [6.07, 6.45) is 10.0. The third kappa shape index (κ3) is 3.43. The second kappa shape index (κ2) is 7.36. The standard InChI is InChI=1S/C20H27N5OS/c26-19-5-4-10-25(19)18-13-17-16(14-21-18)22-20(27-17)24-11-6-15(7-12-24)23-8-2-1-3-9-23/h13-15H,1-12H2. The van der Waals surface area contributed by atoms with E-state index in [2.05, 4.69) is 14.8 Å². The van der Waals surface area contributed by atoms with Gasteiger partial charge in [-0.1, -0.05) is 17.8 Å². The highest BCUT2D eigenvalue weighted by Crippen LogP contribution is 2.33. The van der Waals surface area contributed by atoms with E-state index in [1.165, 1.54) is 45.2 Å². The molecular weight excluding hydrogens is 358 g/mol. The van der Waals surface area contributed by atoms with E-state index in [0.29, 0.717) is 6.42 Å². The first-order valence-corrected chi connectivity index (χ1v) is 11.2. The molecule has 2 aromatic rings. The molecule has 7 heteroatoms. The number of pyridine rings is 1. The summed E-state index contributed by atoms with van der Waals surface area (Å²) in [5.41, 5.74) is 0.948. The molecule has 0 atom stereocenters. The maximum Gasteiger partial charge on any atom is 0.228 e. The van der Waals surface area contributed by atoms with Crippen LogP contribution in [-0.4, -0.2) is 59.5 Å². The average molecular weight is 386 g/mol. The van der Waals surface area contributed by atoms with Gasteiger partial charge in [0.2, 0.25) is 5.91 Å². The number of hydrogen-bond donors (Lipinski definition) is 0. The predicted molar refractivity (Wildman–Crippen MR) is 110 cm³/mol. The van der Waals surface area contributed by atoms with Gasteiger partial charge in [-0.05, 0) is 45.2 Å². The number of thiazole rings is 1. The van der Waals surface area contributed by atoms with Gasteiger partial charge in [-0.15, -0.1) is 0 Å². The molecule has 3 saturated heterocycles. The molecule has 0 unspecified atom stereocenters. The maximum atomic E-state index is 12.0. The summed E-state index contributed by atoms with van der Waals surface area (Å²) in [6.45, 7) is 5.54. The minimum atomic E-state index is 0.186. The van der Waals surface area contributed by atoms with Crippen LogP contribution in [0.15, 0.2) is 12.3 Å². The Balaban J connectivity index is 1.28. The van der Waals surface area contributed by atoms with Crippen LogP contribution < -0.4 is 9.80 Å². The van der Waals surface area contributed by atoms with E-state index in [1.54, 1.807) is 11.3 Å². The molecule has 0 aromatic carbocycles. The van der Waals surface area contributed by atoms with Crippen molar-refractivity contribution in [3.05, 3.63) is 12.3 Å². The molecule has 0 saturated carbocycles. The van der Waals surface area contributed by atoms with Crippen molar-refractivity contribution in [1.82, 2.24) is 14.9 Å². The van der Waals surface area contributed by atoms with E-state index in [-0.39, 0.29) is 5.91 Å². The highest BCUT2D eigenvalue weighted by Gasteiger charge is 2.27. The van der Waals surface area contributed by atoms with Gasteiger partial charge in [-0.25, -0.2) is 9.97 Å². The zero-order valence-corrected chi connectivity index (χ0v) is 16.6. The lowest BCUT2D eigenvalue weighted by Crippen LogP contribution is -2.46. The van der Waals surface area contributed by atoms with Gasteiger partial charge in [0.05, 0.1) is 10.9 Å². The van der Waals surface area contributed by atoms with Gasteiger partial charge in [0, 0.05) is 38.2 Å². The molecule has 3 fully saturated rings. The zero-order valence-electron chi connectivity index (χ0n) is 15.8. The number of nitrogens with zero attached hydrogens (tertiary/aromatic N) is 5. The Bertz CT molecular complexity index is 823. The summed E-state index contributed by atoms with van der Waals surface area (Å²) in [6, 6.07) is 2.80. The van der Waals surface area contributed by atoms with Crippen molar-refractivity contribution < 1.29 is 4.79 Å². The van der Waals surface area contributed by atoms with Gasteiger partial charge in [0.1, 0.15) is 11.3 Å². The van der Waals surface area contributed by atoms with Crippen molar-refractivity contribution in [2.24, 2.45) is 0 Å². The van der Waals surface area contributed by atoms with Crippen LogP contribution in [0.3, 0.4) is 0 Å². The van der Waals surface area contributed by atoms with Crippen molar-refractivity contribution in [2.45, 2.75) is 51.0 Å². The Hall–Kier alpha value is -1.73. The first kappa shape index (κ1) is 17.4. The molecule has 27 heavy (non-hydrogen) atoms. The molecular formula is C20H27N5OS. The van der Waals surface area contributed by atoms with Crippen molar-refractivity contribution in [3.63, 3.8) is 0 Å². The molecule has 2 aromatic heterocycles. The van der Waals surface area contributed by atoms with Gasteiger partial charge < -0.3 is 9.80 Å². The average Bonchev–Trinajstić information content (AvgIpc) is 3.34. The van der Waals surface area contributed by atoms with Crippen LogP contribution in [0.2, 0.25) is 0 Å². The van der Waals surface area contributed by atoms with E-state index < -0.39 is 0 Å². The van der Waals surface area contributed by atoms with Gasteiger partial charge in [-0.2, -0.15) is 0 Å². The highest BCUT2D eigenvalue weighted by atomic mass is 32.1. The Labute approximate surface area is 164 Å². The molecule has 5 heterocycles. The number of piperidine rings is 2. The van der Waals surface area contributed by atoms with E-state index >= 15 is 0 Å². The second-order valence-corrected chi connectivity index (χ2v) is 8.98. The van der Waals surface area contributed by atoms with Crippen LogP contribution in [0.5, 0.6) is 0 Å².